The fourth-order valence-corrected chi connectivity index (χ4v) is 2.37. The summed E-state index contributed by atoms with van der Waals surface area (Å²) in [6.45, 7) is 2.71. The van der Waals surface area contributed by atoms with Crippen LogP contribution in [0.25, 0.3) is 0 Å². The number of primary sulfonamides is 1. The predicted molar refractivity (Wildman–Crippen MR) is 79.3 cm³/mol. The van der Waals surface area contributed by atoms with Crippen molar-refractivity contribution in [2.24, 2.45) is 5.14 Å². The van der Waals surface area contributed by atoms with Crippen molar-refractivity contribution >= 4 is 16.1 Å². The van der Waals surface area contributed by atoms with Gasteiger partial charge in [-0.15, -0.1) is 0 Å². The van der Waals surface area contributed by atoms with E-state index in [4.69, 9.17) is 9.88 Å². The Morgan fingerprint density at radius 3 is 2.71 bits per heavy atom. The first-order chi connectivity index (χ1) is 9.88. The van der Waals surface area contributed by atoms with Crippen molar-refractivity contribution in [2.75, 3.05) is 20.3 Å². The lowest BCUT2D eigenvalue weighted by molar-refractivity contribution is 0.195. The molecule has 7 nitrogen and oxygen atoms in total. The Morgan fingerprint density at radius 1 is 1.43 bits per heavy atom. The Labute approximate surface area is 124 Å². The lowest BCUT2D eigenvalue weighted by atomic mass is 10.1. The summed E-state index contributed by atoms with van der Waals surface area (Å²) in [6.07, 6.45) is 0.617. The van der Waals surface area contributed by atoms with E-state index < -0.39 is 10.0 Å². The number of sulfonamides is 1. The third-order valence-corrected chi connectivity index (χ3v) is 3.81. The fraction of sp³-hybridized carbons (Fsp3) is 0.462. The molecular formula is C13H21N3O4S. The molecule has 1 aromatic rings. The quantitative estimate of drug-likeness (QED) is 0.644. The van der Waals surface area contributed by atoms with E-state index in [1.807, 2.05) is 6.92 Å². The largest absolute Gasteiger partial charge is 0.383 e. The molecule has 0 fully saturated rings. The molecule has 1 aromatic carbocycles. The number of amides is 2. The van der Waals surface area contributed by atoms with E-state index in [-0.39, 0.29) is 17.0 Å². The van der Waals surface area contributed by atoms with Crippen LogP contribution in [0.4, 0.5) is 4.79 Å². The maximum Gasteiger partial charge on any atom is 0.315 e. The van der Waals surface area contributed by atoms with Gasteiger partial charge >= 0.3 is 6.03 Å². The highest BCUT2D eigenvalue weighted by molar-refractivity contribution is 7.89. The molecule has 0 aliphatic rings. The number of rotatable bonds is 7. The van der Waals surface area contributed by atoms with E-state index in [2.05, 4.69) is 10.6 Å². The summed E-state index contributed by atoms with van der Waals surface area (Å²) in [6, 6.07) is 5.61. The van der Waals surface area contributed by atoms with Crippen LogP contribution in [-0.2, 0) is 14.8 Å². The molecule has 118 valence electrons. The highest BCUT2D eigenvalue weighted by atomic mass is 32.2. The van der Waals surface area contributed by atoms with Crippen LogP contribution in [0.15, 0.2) is 29.2 Å². The van der Waals surface area contributed by atoms with Crippen molar-refractivity contribution in [3.05, 3.63) is 29.8 Å². The zero-order valence-corrected chi connectivity index (χ0v) is 12.9. The Hall–Kier alpha value is -1.64. The third kappa shape index (κ3) is 5.70. The Balaban J connectivity index is 2.79. The molecule has 0 radical (unpaired) electrons. The first-order valence-corrected chi connectivity index (χ1v) is 8.09. The lowest BCUT2D eigenvalue weighted by Crippen LogP contribution is -2.39. The first-order valence-electron chi connectivity index (χ1n) is 6.54. The van der Waals surface area contributed by atoms with Crippen LogP contribution in [0.5, 0.6) is 0 Å². The summed E-state index contributed by atoms with van der Waals surface area (Å²) in [4.78, 5) is 11.7. The molecule has 21 heavy (non-hydrogen) atoms. The van der Waals surface area contributed by atoms with Crippen molar-refractivity contribution in [1.29, 1.82) is 0 Å². The fourth-order valence-electron chi connectivity index (χ4n) is 1.81. The number of carbonyl (C=O) groups excluding carboxylic acids is 1. The molecule has 0 aromatic heterocycles. The van der Waals surface area contributed by atoms with Crippen molar-refractivity contribution in [3.63, 3.8) is 0 Å². The van der Waals surface area contributed by atoms with E-state index in [9.17, 15) is 13.2 Å². The maximum atomic E-state index is 11.7. The first kappa shape index (κ1) is 17.4. The van der Waals surface area contributed by atoms with Gasteiger partial charge in [-0.3, -0.25) is 0 Å². The predicted octanol–water partition coefficient (Wildman–Crippen LogP) is 0.731. The van der Waals surface area contributed by atoms with Crippen molar-refractivity contribution in [3.8, 4) is 0 Å². The number of benzene rings is 1. The van der Waals surface area contributed by atoms with Gasteiger partial charge in [0.2, 0.25) is 10.0 Å². The second-order valence-electron chi connectivity index (χ2n) is 4.47. The Kier molecular flexibility index (Phi) is 6.60. The molecule has 0 saturated heterocycles. The Morgan fingerprint density at radius 2 is 2.14 bits per heavy atom. The van der Waals surface area contributed by atoms with Crippen LogP contribution >= 0.6 is 0 Å². The Bertz CT molecular complexity index is 575. The second-order valence-corrected chi connectivity index (χ2v) is 6.03. The van der Waals surface area contributed by atoms with Crippen molar-refractivity contribution in [1.82, 2.24) is 10.6 Å². The molecule has 1 rings (SSSR count). The summed E-state index contributed by atoms with van der Waals surface area (Å²) in [5.41, 5.74) is 0.686. The number of carbonyl (C=O) groups is 1. The standard InChI is InChI=1S/C13H21N3O4S/c1-3-12(16-13(17)15-7-8-20-2)10-5-4-6-11(9-10)21(14,18)19/h4-6,9,12H,3,7-8H2,1-2H3,(H2,14,18,19)(H2,15,16,17)/t12-/m0/s1. The van der Waals surface area contributed by atoms with E-state index in [0.717, 1.165) is 0 Å². The average Bonchev–Trinajstić information content (AvgIpc) is 2.44. The minimum atomic E-state index is -3.76. The molecule has 0 unspecified atom stereocenters. The number of nitrogens with one attached hydrogen (secondary N) is 2. The molecule has 0 heterocycles. The van der Waals surface area contributed by atoms with E-state index in [1.54, 1.807) is 19.2 Å². The van der Waals surface area contributed by atoms with Gasteiger partial charge in [-0.05, 0) is 24.1 Å². The summed E-state index contributed by atoms with van der Waals surface area (Å²) < 4.78 is 27.6. The summed E-state index contributed by atoms with van der Waals surface area (Å²) in [5.74, 6) is 0. The van der Waals surface area contributed by atoms with Gasteiger partial charge in [0.25, 0.3) is 0 Å². The van der Waals surface area contributed by atoms with Crippen molar-refractivity contribution < 1.29 is 17.9 Å². The van der Waals surface area contributed by atoms with Gasteiger partial charge in [0.1, 0.15) is 0 Å². The van der Waals surface area contributed by atoms with Gasteiger partial charge in [-0.2, -0.15) is 0 Å². The highest BCUT2D eigenvalue weighted by Crippen LogP contribution is 2.19. The molecule has 0 bridgehead atoms. The normalized spacial score (nSPS) is 12.7. The minimum Gasteiger partial charge on any atom is -0.383 e. The van der Waals surface area contributed by atoms with Crippen LogP contribution in [0.3, 0.4) is 0 Å². The highest BCUT2D eigenvalue weighted by Gasteiger charge is 2.15. The number of nitrogens with two attached hydrogens (primary N) is 1. The number of hydrogen-bond acceptors (Lipinski definition) is 4. The minimum absolute atomic E-state index is 0.0278. The number of hydrogen-bond donors (Lipinski definition) is 3. The average molecular weight is 315 g/mol. The topological polar surface area (TPSA) is 111 Å². The van der Waals surface area contributed by atoms with Crippen LogP contribution in [0, 0.1) is 0 Å². The van der Waals surface area contributed by atoms with Gasteiger partial charge in [0, 0.05) is 13.7 Å². The van der Waals surface area contributed by atoms with Gasteiger partial charge in [0.15, 0.2) is 0 Å². The summed E-state index contributed by atoms with van der Waals surface area (Å²) in [7, 11) is -2.21. The third-order valence-electron chi connectivity index (χ3n) is 2.89. The molecule has 8 heteroatoms. The summed E-state index contributed by atoms with van der Waals surface area (Å²) in [5, 5.41) is 10.5. The second kappa shape index (κ2) is 7.96. The number of ether oxygens (including phenoxy) is 1. The van der Waals surface area contributed by atoms with E-state index >= 15 is 0 Å². The van der Waals surface area contributed by atoms with Crippen molar-refractivity contribution in [2.45, 2.75) is 24.3 Å². The van der Waals surface area contributed by atoms with Gasteiger partial charge in [0.05, 0.1) is 17.5 Å². The zero-order chi connectivity index (χ0) is 15.9. The SMILES string of the molecule is CC[C@H](NC(=O)NCCOC)c1cccc(S(N)(=O)=O)c1. The maximum absolute atomic E-state index is 11.7. The molecule has 0 spiro atoms. The van der Waals surface area contributed by atoms with E-state index in [0.29, 0.717) is 25.1 Å². The van der Waals surface area contributed by atoms with Gasteiger partial charge < -0.3 is 15.4 Å². The molecule has 0 aliphatic carbocycles. The molecule has 2 amide bonds. The molecule has 0 saturated carbocycles. The van der Waals surface area contributed by atoms with Crippen LogP contribution in [0.2, 0.25) is 0 Å². The van der Waals surface area contributed by atoms with Gasteiger partial charge in [-0.1, -0.05) is 19.1 Å². The molecule has 4 N–H and O–H groups in total. The van der Waals surface area contributed by atoms with Gasteiger partial charge in [-0.25, -0.2) is 18.4 Å². The summed E-state index contributed by atoms with van der Waals surface area (Å²) >= 11 is 0. The molecule has 1 atom stereocenters. The van der Waals surface area contributed by atoms with Crippen LogP contribution in [0.1, 0.15) is 24.9 Å². The number of urea groups is 1. The molecule has 0 aliphatic heterocycles. The molecular weight excluding hydrogens is 294 g/mol. The smallest absolute Gasteiger partial charge is 0.315 e. The van der Waals surface area contributed by atoms with Crippen LogP contribution < -0.4 is 15.8 Å². The van der Waals surface area contributed by atoms with E-state index in [1.165, 1.54) is 12.1 Å². The number of methoxy groups -OCH3 is 1. The zero-order valence-electron chi connectivity index (χ0n) is 12.1. The lowest BCUT2D eigenvalue weighted by Gasteiger charge is -2.18. The monoisotopic (exact) mass is 315 g/mol. The van der Waals surface area contributed by atoms with Crippen LogP contribution in [-0.4, -0.2) is 34.7 Å².